The number of aryl methyl sites for hydroxylation is 1. The van der Waals surface area contributed by atoms with Crippen LogP contribution in [0.15, 0.2) is 99.8 Å². The highest BCUT2D eigenvalue weighted by Gasteiger charge is 2.16. The summed E-state index contributed by atoms with van der Waals surface area (Å²) in [4.78, 5) is 0. The van der Waals surface area contributed by atoms with Crippen LogP contribution in [0.4, 0.5) is 0 Å². The molecule has 0 saturated carbocycles. The maximum atomic E-state index is 6.38. The Hall–Kier alpha value is -4.04. The van der Waals surface area contributed by atoms with Crippen LogP contribution < -0.4 is 0 Å². The molecule has 2 heterocycles. The van der Waals surface area contributed by atoms with Crippen LogP contribution >= 0.6 is 0 Å². The molecule has 0 unspecified atom stereocenters. The molecule has 0 saturated heterocycles. The largest absolute Gasteiger partial charge is 0.456 e. The lowest BCUT2D eigenvalue weighted by Crippen LogP contribution is -1.86. The van der Waals surface area contributed by atoms with Crippen molar-refractivity contribution in [2.45, 2.75) is 51.9 Å². The number of unbranched alkanes of at least 4 members (excludes halogenated alkanes) is 5. The molecule has 7 rings (SSSR count). The smallest absolute Gasteiger partial charge is 0.136 e. The number of furan rings is 2. The third kappa shape index (κ3) is 3.96. The van der Waals surface area contributed by atoms with Crippen LogP contribution in [0.2, 0.25) is 0 Å². The Labute approximate surface area is 222 Å². The summed E-state index contributed by atoms with van der Waals surface area (Å²) >= 11 is 0. The molecule has 38 heavy (non-hydrogen) atoms. The molecule has 0 N–H and O–H groups in total. The van der Waals surface area contributed by atoms with E-state index in [1.165, 1.54) is 82.1 Å². The van der Waals surface area contributed by atoms with E-state index >= 15 is 0 Å². The molecule has 0 radical (unpaired) electrons. The van der Waals surface area contributed by atoms with Crippen molar-refractivity contribution in [3.63, 3.8) is 0 Å². The molecule has 0 aliphatic rings. The molecule has 7 aromatic rings. The molecule has 0 spiro atoms. The molecular weight excluding hydrogens is 464 g/mol. The van der Waals surface area contributed by atoms with Gasteiger partial charge in [0.2, 0.25) is 0 Å². The third-order valence-corrected chi connectivity index (χ3v) is 8.06. The second kappa shape index (κ2) is 9.68. The molecule has 5 aromatic carbocycles. The van der Waals surface area contributed by atoms with Gasteiger partial charge in [0, 0.05) is 21.5 Å². The molecule has 2 heteroatoms. The molecular formula is C36H32O2. The second-order valence-electron chi connectivity index (χ2n) is 10.6. The monoisotopic (exact) mass is 496 g/mol. The summed E-state index contributed by atoms with van der Waals surface area (Å²) in [6.07, 6.45) is 9.03. The molecule has 0 bridgehead atoms. The quantitative estimate of drug-likeness (QED) is 0.196. The number of fused-ring (bicyclic) bond motifs is 9. The summed E-state index contributed by atoms with van der Waals surface area (Å²) in [6.45, 7) is 2.27. The van der Waals surface area contributed by atoms with Gasteiger partial charge in [-0.2, -0.15) is 0 Å². The zero-order chi connectivity index (χ0) is 25.5. The number of hydrogen-bond donors (Lipinski definition) is 0. The minimum atomic E-state index is 0.922. The van der Waals surface area contributed by atoms with E-state index in [9.17, 15) is 0 Å². The average Bonchev–Trinajstić information content (AvgIpc) is 3.52. The van der Waals surface area contributed by atoms with E-state index in [-0.39, 0.29) is 0 Å². The number of benzene rings is 5. The van der Waals surface area contributed by atoms with Crippen LogP contribution in [0.25, 0.3) is 65.8 Å². The van der Waals surface area contributed by atoms with Crippen LogP contribution in [-0.2, 0) is 6.42 Å². The van der Waals surface area contributed by atoms with E-state index in [4.69, 9.17) is 8.83 Å². The molecule has 0 fully saturated rings. The Bertz CT molecular complexity index is 1900. The standard InChI is InChI=1S/C36H32O2/c1-2-3-4-5-6-8-11-24-14-16-29-33(22-24)37-31-20-18-28-27(35(29)31)19-21-32-36(28)30-17-15-26(23-34(30)38-32)25-12-9-7-10-13-25/h7,9-10,12-23H,2-6,8,11H2,1H3. The van der Waals surface area contributed by atoms with Crippen molar-refractivity contribution in [3.05, 3.63) is 96.6 Å². The van der Waals surface area contributed by atoms with Crippen molar-refractivity contribution in [1.82, 2.24) is 0 Å². The topological polar surface area (TPSA) is 26.3 Å². The molecule has 0 amide bonds. The molecule has 2 aromatic heterocycles. The van der Waals surface area contributed by atoms with Crippen molar-refractivity contribution >= 4 is 54.6 Å². The summed E-state index contributed by atoms with van der Waals surface area (Å²) in [6, 6.07) is 32.5. The predicted molar refractivity (Wildman–Crippen MR) is 161 cm³/mol. The highest BCUT2D eigenvalue weighted by atomic mass is 16.3. The van der Waals surface area contributed by atoms with Gasteiger partial charge in [-0.05, 0) is 82.8 Å². The van der Waals surface area contributed by atoms with E-state index in [1.807, 2.05) is 6.07 Å². The number of hydrogen-bond acceptors (Lipinski definition) is 2. The highest BCUT2D eigenvalue weighted by molar-refractivity contribution is 6.27. The van der Waals surface area contributed by atoms with Gasteiger partial charge in [0.15, 0.2) is 0 Å². The van der Waals surface area contributed by atoms with Crippen LogP contribution in [0.1, 0.15) is 51.0 Å². The number of rotatable bonds is 8. The van der Waals surface area contributed by atoms with Gasteiger partial charge < -0.3 is 8.83 Å². The highest BCUT2D eigenvalue weighted by Crippen LogP contribution is 2.41. The Morgan fingerprint density at radius 2 is 1.08 bits per heavy atom. The first-order valence-corrected chi connectivity index (χ1v) is 14.1. The van der Waals surface area contributed by atoms with E-state index in [2.05, 4.69) is 91.9 Å². The summed E-state index contributed by atoms with van der Waals surface area (Å²) in [5, 5.41) is 7.13. The Kier molecular flexibility index (Phi) is 5.89. The minimum Gasteiger partial charge on any atom is -0.456 e. The zero-order valence-corrected chi connectivity index (χ0v) is 21.9. The molecule has 0 aliphatic carbocycles. The van der Waals surface area contributed by atoms with Gasteiger partial charge in [-0.15, -0.1) is 0 Å². The van der Waals surface area contributed by atoms with Crippen LogP contribution in [0, 0.1) is 0 Å². The average molecular weight is 497 g/mol. The van der Waals surface area contributed by atoms with Gasteiger partial charge in [0.1, 0.15) is 22.3 Å². The van der Waals surface area contributed by atoms with Gasteiger partial charge in [-0.3, -0.25) is 0 Å². The van der Waals surface area contributed by atoms with Crippen LogP contribution in [0.5, 0.6) is 0 Å². The lowest BCUT2D eigenvalue weighted by atomic mass is 9.98. The summed E-state index contributed by atoms with van der Waals surface area (Å²) in [5.74, 6) is 0. The lowest BCUT2D eigenvalue weighted by Gasteiger charge is -2.03. The van der Waals surface area contributed by atoms with Gasteiger partial charge >= 0.3 is 0 Å². The molecule has 0 aliphatic heterocycles. The van der Waals surface area contributed by atoms with E-state index in [0.29, 0.717) is 0 Å². The second-order valence-corrected chi connectivity index (χ2v) is 10.6. The van der Waals surface area contributed by atoms with Gasteiger partial charge in [0.25, 0.3) is 0 Å². The van der Waals surface area contributed by atoms with E-state index in [1.54, 1.807) is 0 Å². The summed E-state index contributed by atoms with van der Waals surface area (Å²) in [5.41, 5.74) is 7.51. The first kappa shape index (κ1) is 23.1. The van der Waals surface area contributed by atoms with Gasteiger partial charge in [0.05, 0.1) is 0 Å². The first-order chi connectivity index (χ1) is 18.8. The maximum Gasteiger partial charge on any atom is 0.136 e. The van der Waals surface area contributed by atoms with Crippen molar-refractivity contribution in [2.24, 2.45) is 0 Å². The maximum absolute atomic E-state index is 6.38. The Morgan fingerprint density at radius 3 is 1.79 bits per heavy atom. The Balaban J connectivity index is 1.29. The Morgan fingerprint density at radius 1 is 0.474 bits per heavy atom. The normalized spacial score (nSPS) is 12.0. The van der Waals surface area contributed by atoms with Gasteiger partial charge in [-0.25, -0.2) is 0 Å². The van der Waals surface area contributed by atoms with Crippen LogP contribution in [0.3, 0.4) is 0 Å². The van der Waals surface area contributed by atoms with Crippen LogP contribution in [-0.4, -0.2) is 0 Å². The first-order valence-electron chi connectivity index (χ1n) is 14.1. The zero-order valence-electron chi connectivity index (χ0n) is 21.9. The fourth-order valence-corrected chi connectivity index (χ4v) is 6.07. The fourth-order valence-electron chi connectivity index (χ4n) is 6.07. The van der Waals surface area contributed by atoms with Crippen molar-refractivity contribution in [1.29, 1.82) is 0 Å². The van der Waals surface area contributed by atoms with Crippen molar-refractivity contribution < 1.29 is 8.83 Å². The van der Waals surface area contributed by atoms with E-state index < -0.39 is 0 Å². The lowest BCUT2D eigenvalue weighted by molar-refractivity contribution is 0.607. The summed E-state index contributed by atoms with van der Waals surface area (Å²) in [7, 11) is 0. The van der Waals surface area contributed by atoms with Crippen molar-refractivity contribution in [3.8, 4) is 11.1 Å². The molecule has 0 atom stereocenters. The minimum absolute atomic E-state index is 0.922. The molecule has 188 valence electrons. The SMILES string of the molecule is CCCCCCCCc1ccc2c(c1)oc1ccc3c(ccc4oc5cc(-c6ccccc6)ccc5c43)c12. The fraction of sp³-hybridized carbons (Fsp3) is 0.222. The van der Waals surface area contributed by atoms with Crippen molar-refractivity contribution in [2.75, 3.05) is 0 Å². The van der Waals surface area contributed by atoms with E-state index in [0.717, 1.165) is 34.1 Å². The van der Waals surface area contributed by atoms with Gasteiger partial charge in [-0.1, -0.05) is 87.6 Å². The third-order valence-electron chi connectivity index (χ3n) is 8.06. The summed E-state index contributed by atoms with van der Waals surface area (Å²) < 4.78 is 12.7. The molecule has 2 nitrogen and oxygen atoms in total. The predicted octanol–water partition coefficient (Wildman–Crippen LogP) is 11.2.